The van der Waals surface area contributed by atoms with E-state index in [0.29, 0.717) is 30.6 Å². The summed E-state index contributed by atoms with van der Waals surface area (Å²) in [6, 6.07) is 8.89. The quantitative estimate of drug-likeness (QED) is 0.300. The van der Waals surface area contributed by atoms with Crippen molar-refractivity contribution in [3.63, 3.8) is 0 Å². The van der Waals surface area contributed by atoms with Gasteiger partial charge in [0, 0.05) is 39.6 Å². The monoisotopic (exact) mass is 715 g/mol. The van der Waals surface area contributed by atoms with E-state index in [0.717, 1.165) is 23.9 Å². The number of nitrogens with zero attached hydrogens (tertiary/aromatic N) is 5. The number of carbonyl (C=O) groups excluding carboxylic acids is 4. The van der Waals surface area contributed by atoms with Crippen LogP contribution < -0.4 is 15.4 Å². The molecule has 3 atom stereocenters. The summed E-state index contributed by atoms with van der Waals surface area (Å²) in [5, 5.41) is 13.7. The van der Waals surface area contributed by atoms with Gasteiger partial charge in [-0.15, -0.1) is 18.3 Å². The van der Waals surface area contributed by atoms with E-state index in [1.807, 2.05) is 18.2 Å². The number of amides is 4. The van der Waals surface area contributed by atoms with Crippen molar-refractivity contribution >= 4 is 34.8 Å². The van der Waals surface area contributed by atoms with Gasteiger partial charge in [-0.2, -0.15) is 0 Å². The van der Waals surface area contributed by atoms with Crippen LogP contribution in [0.5, 0.6) is 5.75 Å². The number of fused-ring (bicyclic) bond motifs is 1. The number of alkyl carbamates (subject to hydrolysis) is 1. The fourth-order valence-electron chi connectivity index (χ4n) is 6.53. The summed E-state index contributed by atoms with van der Waals surface area (Å²) >= 11 is 0. The topological polar surface area (TPSA) is 148 Å². The molecule has 0 radical (unpaired) electrons. The molecule has 2 unspecified atom stereocenters. The number of alkyl halides is 3. The molecule has 2 fully saturated rings. The standard InChI is InChI=1S/C35H44F3N7O6/c1-34(2,3)51-33(49)40-26(12-14-30(46)44-15-5-6-16-44)32(48)45-21-24(17-22-7-10-25(11-8-22)50-35(36,37)38)19-29(45)31(47)39-20-23-9-13-28-27(18-23)41-42-43(28)4/h7-11,13,18,24,26,29H,5-6,12,14-17,19-21H2,1-4H3,(H,39,47)(H,40,49)/t24?,26?,29-/m0/s1. The molecule has 0 bridgehead atoms. The van der Waals surface area contributed by atoms with Crippen LogP contribution in [0.2, 0.25) is 0 Å². The number of rotatable bonds is 11. The van der Waals surface area contributed by atoms with Crippen LogP contribution in [0.1, 0.15) is 64.0 Å². The Hall–Kier alpha value is -4.89. The van der Waals surface area contributed by atoms with Crippen LogP contribution in [0.25, 0.3) is 11.0 Å². The zero-order chi connectivity index (χ0) is 36.9. The number of ether oxygens (including phenoxy) is 2. The highest BCUT2D eigenvalue weighted by atomic mass is 19.4. The number of nitrogens with one attached hydrogen (secondary N) is 2. The second-order valence-electron chi connectivity index (χ2n) is 14.1. The van der Waals surface area contributed by atoms with Crippen LogP contribution in [0, 0.1) is 5.92 Å². The van der Waals surface area contributed by atoms with Gasteiger partial charge in [0.15, 0.2) is 0 Å². The van der Waals surface area contributed by atoms with Gasteiger partial charge in [0.1, 0.15) is 29.0 Å². The number of benzene rings is 2. The number of aryl methyl sites for hydroxylation is 1. The molecule has 0 spiro atoms. The normalized spacial score (nSPS) is 18.5. The number of carbonyl (C=O) groups is 4. The van der Waals surface area contributed by atoms with Crippen LogP contribution >= 0.6 is 0 Å². The Labute approximate surface area is 293 Å². The van der Waals surface area contributed by atoms with Crippen LogP contribution in [-0.4, -0.2) is 92.3 Å². The molecular weight excluding hydrogens is 671 g/mol. The van der Waals surface area contributed by atoms with Crippen molar-refractivity contribution in [1.82, 2.24) is 35.4 Å². The minimum atomic E-state index is -4.82. The lowest BCUT2D eigenvalue weighted by atomic mass is 9.96. The second kappa shape index (κ2) is 15.6. The number of likely N-dealkylation sites (tertiary alicyclic amines) is 2. The van der Waals surface area contributed by atoms with Crippen LogP contribution in [-0.2, 0) is 39.1 Å². The molecule has 276 valence electrons. The smallest absolute Gasteiger partial charge is 0.444 e. The molecule has 3 aromatic rings. The van der Waals surface area contributed by atoms with E-state index < -0.39 is 42.0 Å². The fourth-order valence-corrected chi connectivity index (χ4v) is 6.53. The number of hydrogen-bond donors (Lipinski definition) is 2. The SMILES string of the molecule is Cn1nnc2cc(CNC(=O)[C@@H]3CC(Cc4ccc(OC(F)(F)F)cc4)CN3C(=O)C(CCC(=O)N3CCCC3)NC(=O)OC(C)(C)C)ccc21. The lowest BCUT2D eigenvalue weighted by Crippen LogP contribution is -2.54. The first-order valence-corrected chi connectivity index (χ1v) is 17.0. The fraction of sp³-hybridized carbons (Fsp3) is 0.543. The molecule has 2 aliphatic heterocycles. The van der Waals surface area contributed by atoms with Crippen molar-refractivity contribution in [1.29, 1.82) is 0 Å². The van der Waals surface area contributed by atoms with E-state index in [-0.39, 0.29) is 49.9 Å². The first kappa shape index (κ1) is 37.4. The summed E-state index contributed by atoms with van der Waals surface area (Å²) in [5.74, 6) is -1.67. The predicted molar refractivity (Wildman–Crippen MR) is 179 cm³/mol. The second-order valence-corrected chi connectivity index (χ2v) is 14.1. The number of hydrogen-bond acceptors (Lipinski definition) is 8. The minimum Gasteiger partial charge on any atom is -0.444 e. The van der Waals surface area contributed by atoms with E-state index in [1.54, 1.807) is 37.4 Å². The summed E-state index contributed by atoms with van der Waals surface area (Å²) in [7, 11) is 1.77. The summed E-state index contributed by atoms with van der Waals surface area (Å²) in [6.45, 7) is 6.64. The molecule has 2 aliphatic rings. The maximum Gasteiger partial charge on any atom is 0.573 e. The van der Waals surface area contributed by atoms with E-state index in [9.17, 15) is 32.3 Å². The third kappa shape index (κ3) is 10.3. The summed E-state index contributed by atoms with van der Waals surface area (Å²) in [4.78, 5) is 57.1. The van der Waals surface area contributed by atoms with Gasteiger partial charge in [0.05, 0.1) is 5.52 Å². The Kier molecular flexibility index (Phi) is 11.4. The van der Waals surface area contributed by atoms with Gasteiger partial charge < -0.3 is 29.9 Å². The highest BCUT2D eigenvalue weighted by molar-refractivity contribution is 5.92. The van der Waals surface area contributed by atoms with E-state index in [1.165, 1.54) is 29.2 Å². The van der Waals surface area contributed by atoms with Crippen molar-refractivity contribution in [2.45, 2.75) is 89.9 Å². The molecule has 5 rings (SSSR count). The lowest BCUT2D eigenvalue weighted by Gasteiger charge is -2.30. The molecule has 1 aromatic heterocycles. The van der Waals surface area contributed by atoms with Crippen LogP contribution in [0.4, 0.5) is 18.0 Å². The van der Waals surface area contributed by atoms with Crippen molar-refractivity contribution < 1.29 is 41.8 Å². The average Bonchev–Trinajstić information content (AvgIpc) is 3.82. The zero-order valence-corrected chi connectivity index (χ0v) is 29.2. The lowest BCUT2D eigenvalue weighted by molar-refractivity contribution is -0.274. The van der Waals surface area contributed by atoms with Gasteiger partial charge >= 0.3 is 12.5 Å². The molecule has 13 nitrogen and oxygen atoms in total. The molecule has 2 N–H and O–H groups in total. The largest absolute Gasteiger partial charge is 0.573 e. The van der Waals surface area contributed by atoms with Gasteiger partial charge in [-0.1, -0.05) is 23.4 Å². The van der Waals surface area contributed by atoms with Crippen LogP contribution in [0.15, 0.2) is 42.5 Å². The third-order valence-electron chi connectivity index (χ3n) is 8.89. The maximum atomic E-state index is 14.3. The first-order chi connectivity index (χ1) is 24.0. The van der Waals surface area contributed by atoms with Crippen molar-refractivity contribution in [2.24, 2.45) is 13.0 Å². The zero-order valence-electron chi connectivity index (χ0n) is 29.2. The first-order valence-electron chi connectivity index (χ1n) is 17.0. The molecule has 2 aromatic carbocycles. The molecule has 3 heterocycles. The Morgan fingerprint density at radius 2 is 1.69 bits per heavy atom. The van der Waals surface area contributed by atoms with Gasteiger partial charge in [0.25, 0.3) is 0 Å². The van der Waals surface area contributed by atoms with Crippen molar-refractivity contribution in [3.05, 3.63) is 53.6 Å². The Morgan fingerprint density at radius 3 is 2.35 bits per heavy atom. The van der Waals surface area contributed by atoms with E-state index >= 15 is 0 Å². The molecular formula is C35H44F3N7O6. The molecule has 2 saturated heterocycles. The van der Waals surface area contributed by atoms with Gasteiger partial charge in [-0.25, -0.2) is 9.48 Å². The maximum absolute atomic E-state index is 14.3. The summed E-state index contributed by atoms with van der Waals surface area (Å²) in [6.07, 6.45) is -3.21. The Morgan fingerprint density at radius 1 is 1.00 bits per heavy atom. The molecule has 16 heteroatoms. The Balaban J connectivity index is 1.34. The molecule has 4 amide bonds. The molecule has 51 heavy (non-hydrogen) atoms. The van der Waals surface area contributed by atoms with Gasteiger partial charge in [-0.3, -0.25) is 14.4 Å². The highest BCUT2D eigenvalue weighted by Crippen LogP contribution is 2.30. The van der Waals surface area contributed by atoms with Gasteiger partial charge in [-0.05, 0) is 94.2 Å². The summed E-state index contributed by atoms with van der Waals surface area (Å²) in [5.41, 5.74) is 2.10. The molecule has 0 saturated carbocycles. The average molecular weight is 716 g/mol. The third-order valence-corrected chi connectivity index (χ3v) is 8.89. The minimum absolute atomic E-state index is 0.00169. The van der Waals surface area contributed by atoms with E-state index in [2.05, 4.69) is 25.7 Å². The Bertz CT molecular complexity index is 1720. The summed E-state index contributed by atoms with van der Waals surface area (Å²) < 4.78 is 49.1. The van der Waals surface area contributed by atoms with Crippen molar-refractivity contribution in [3.8, 4) is 5.75 Å². The molecule has 0 aliphatic carbocycles. The van der Waals surface area contributed by atoms with Crippen LogP contribution in [0.3, 0.4) is 0 Å². The van der Waals surface area contributed by atoms with E-state index in [4.69, 9.17) is 4.74 Å². The number of halogens is 3. The van der Waals surface area contributed by atoms with Crippen molar-refractivity contribution in [2.75, 3.05) is 19.6 Å². The highest BCUT2D eigenvalue weighted by Gasteiger charge is 2.42. The number of aromatic nitrogens is 3. The predicted octanol–water partition coefficient (Wildman–Crippen LogP) is 4.24. The van der Waals surface area contributed by atoms with Gasteiger partial charge in [0.2, 0.25) is 17.7 Å².